The highest BCUT2D eigenvalue weighted by Gasteiger charge is 2.26. The van der Waals surface area contributed by atoms with Crippen LogP contribution in [0.15, 0.2) is 24.3 Å². The topological polar surface area (TPSA) is 43.8 Å². The van der Waals surface area contributed by atoms with Gasteiger partial charge in [0.25, 0.3) is 5.91 Å². The van der Waals surface area contributed by atoms with Crippen LogP contribution in [0.5, 0.6) is 0 Å². The van der Waals surface area contributed by atoms with Gasteiger partial charge < -0.3 is 14.9 Å². The lowest BCUT2D eigenvalue weighted by atomic mass is 9.98. The number of carbonyl (C=O) groups excluding carboxylic acids is 1. The quantitative estimate of drug-likeness (QED) is 0.903. The molecule has 0 saturated carbocycles. The summed E-state index contributed by atoms with van der Waals surface area (Å²) in [6, 6.07) is 8.09. The minimum Gasteiger partial charge on any atom is -0.396 e. The van der Waals surface area contributed by atoms with Gasteiger partial charge >= 0.3 is 0 Å². The van der Waals surface area contributed by atoms with Gasteiger partial charge in [0, 0.05) is 31.3 Å². The maximum atomic E-state index is 12.7. The Hall–Kier alpha value is -1.39. The number of aliphatic hydroxyl groups excluding tert-OH is 1. The first-order valence-corrected chi connectivity index (χ1v) is 7.77. The van der Waals surface area contributed by atoms with Gasteiger partial charge in [-0.1, -0.05) is 12.1 Å². The lowest BCUT2D eigenvalue weighted by molar-refractivity contribution is 0.0574. The third-order valence-electron chi connectivity index (χ3n) is 4.05. The van der Waals surface area contributed by atoms with E-state index in [9.17, 15) is 4.79 Å². The van der Waals surface area contributed by atoms with E-state index in [0.717, 1.165) is 37.9 Å². The molecule has 0 aromatic heterocycles. The molecule has 1 aliphatic rings. The fourth-order valence-corrected chi connectivity index (χ4v) is 3.00. The molecule has 1 fully saturated rings. The summed E-state index contributed by atoms with van der Waals surface area (Å²) in [5.74, 6) is 0.101. The van der Waals surface area contributed by atoms with Crippen molar-refractivity contribution in [3.05, 3.63) is 35.4 Å². The minimum absolute atomic E-state index is 0.101. The molecule has 1 saturated heterocycles. The van der Waals surface area contributed by atoms with E-state index < -0.39 is 0 Å². The number of piperidine rings is 1. The van der Waals surface area contributed by atoms with E-state index in [1.807, 2.05) is 43.3 Å². The molecule has 1 unspecified atom stereocenters. The van der Waals surface area contributed by atoms with Crippen LogP contribution in [0, 0.1) is 0 Å². The highest BCUT2D eigenvalue weighted by molar-refractivity contribution is 5.94. The fourth-order valence-electron chi connectivity index (χ4n) is 3.00. The highest BCUT2D eigenvalue weighted by Crippen LogP contribution is 2.22. The summed E-state index contributed by atoms with van der Waals surface area (Å²) >= 11 is 0. The SMILES string of the molecule is CN(C)Cc1ccc(C(=O)N2CCCCC2CCO)cc1. The molecule has 0 radical (unpaired) electrons. The summed E-state index contributed by atoms with van der Waals surface area (Å²) in [5.41, 5.74) is 1.96. The van der Waals surface area contributed by atoms with Gasteiger partial charge in [-0.25, -0.2) is 0 Å². The van der Waals surface area contributed by atoms with Crippen molar-refractivity contribution >= 4 is 5.91 Å². The largest absolute Gasteiger partial charge is 0.396 e. The molecule has 4 heteroatoms. The summed E-state index contributed by atoms with van der Waals surface area (Å²) in [6.45, 7) is 1.84. The van der Waals surface area contributed by atoms with E-state index in [4.69, 9.17) is 5.11 Å². The molecule has 1 aromatic carbocycles. The van der Waals surface area contributed by atoms with Gasteiger partial charge in [-0.05, 0) is 57.5 Å². The van der Waals surface area contributed by atoms with Crippen LogP contribution < -0.4 is 0 Å². The molecule has 21 heavy (non-hydrogen) atoms. The number of likely N-dealkylation sites (tertiary alicyclic amines) is 1. The zero-order chi connectivity index (χ0) is 15.2. The predicted molar refractivity (Wildman–Crippen MR) is 84.2 cm³/mol. The van der Waals surface area contributed by atoms with E-state index in [1.54, 1.807) is 0 Å². The fraction of sp³-hybridized carbons (Fsp3) is 0.588. The second-order valence-electron chi connectivity index (χ2n) is 6.10. The van der Waals surface area contributed by atoms with Gasteiger partial charge in [0.05, 0.1) is 0 Å². The molecule has 0 spiro atoms. The molecule has 0 aliphatic carbocycles. The Morgan fingerprint density at radius 2 is 2.00 bits per heavy atom. The smallest absolute Gasteiger partial charge is 0.254 e. The van der Waals surface area contributed by atoms with Gasteiger partial charge in [0.15, 0.2) is 0 Å². The lowest BCUT2D eigenvalue weighted by Crippen LogP contribution is -2.44. The summed E-state index contributed by atoms with van der Waals surface area (Å²) in [7, 11) is 4.07. The molecule has 1 N–H and O–H groups in total. The Bertz CT molecular complexity index is 454. The van der Waals surface area contributed by atoms with Crippen LogP contribution in [0.2, 0.25) is 0 Å². The van der Waals surface area contributed by atoms with Crippen molar-refractivity contribution < 1.29 is 9.90 Å². The Morgan fingerprint density at radius 3 is 2.62 bits per heavy atom. The van der Waals surface area contributed by atoms with Gasteiger partial charge in [0.2, 0.25) is 0 Å². The monoisotopic (exact) mass is 290 g/mol. The summed E-state index contributed by atoms with van der Waals surface area (Å²) in [5, 5.41) is 9.17. The second-order valence-corrected chi connectivity index (χ2v) is 6.10. The van der Waals surface area contributed by atoms with Crippen molar-refractivity contribution in [2.75, 3.05) is 27.2 Å². The van der Waals surface area contributed by atoms with Gasteiger partial charge in [-0.15, -0.1) is 0 Å². The van der Waals surface area contributed by atoms with Crippen LogP contribution in [-0.2, 0) is 6.54 Å². The van der Waals surface area contributed by atoms with E-state index in [2.05, 4.69) is 4.90 Å². The zero-order valence-electron chi connectivity index (χ0n) is 13.1. The van der Waals surface area contributed by atoms with Crippen LogP contribution in [0.25, 0.3) is 0 Å². The average molecular weight is 290 g/mol. The van der Waals surface area contributed by atoms with Crippen LogP contribution in [0.3, 0.4) is 0 Å². The predicted octanol–water partition coefficient (Wildman–Crippen LogP) is 2.13. The van der Waals surface area contributed by atoms with Gasteiger partial charge in [-0.2, -0.15) is 0 Å². The number of nitrogens with zero attached hydrogens (tertiary/aromatic N) is 2. The number of benzene rings is 1. The van der Waals surface area contributed by atoms with E-state index in [-0.39, 0.29) is 18.6 Å². The highest BCUT2D eigenvalue weighted by atomic mass is 16.3. The molecule has 1 atom stereocenters. The van der Waals surface area contributed by atoms with Crippen molar-refractivity contribution in [3.8, 4) is 0 Å². The molecule has 1 aliphatic heterocycles. The first-order chi connectivity index (χ1) is 10.1. The molecule has 1 heterocycles. The number of rotatable bonds is 5. The Labute approximate surface area is 127 Å². The summed E-state index contributed by atoms with van der Waals surface area (Å²) in [4.78, 5) is 16.7. The van der Waals surface area contributed by atoms with Crippen LogP contribution in [0.1, 0.15) is 41.6 Å². The van der Waals surface area contributed by atoms with Crippen molar-refractivity contribution in [2.45, 2.75) is 38.3 Å². The number of carbonyl (C=O) groups is 1. The van der Waals surface area contributed by atoms with Crippen LogP contribution >= 0.6 is 0 Å². The van der Waals surface area contributed by atoms with Crippen molar-refractivity contribution in [2.24, 2.45) is 0 Å². The normalized spacial score (nSPS) is 19.0. The Morgan fingerprint density at radius 1 is 1.29 bits per heavy atom. The molecule has 116 valence electrons. The maximum Gasteiger partial charge on any atom is 0.254 e. The third-order valence-corrected chi connectivity index (χ3v) is 4.05. The molecule has 4 nitrogen and oxygen atoms in total. The number of amides is 1. The maximum absolute atomic E-state index is 12.7. The Balaban J connectivity index is 2.07. The number of hydrogen-bond acceptors (Lipinski definition) is 3. The van der Waals surface area contributed by atoms with Crippen molar-refractivity contribution in [1.82, 2.24) is 9.80 Å². The number of hydrogen-bond donors (Lipinski definition) is 1. The van der Waals surface area contributed by atoms with E-state index in [0.29, 0.717) is 6.42 Å². The van der Waals surface area contributed by atoms with Gasteiger partial charge in [-0.3, -0.25) is 4.79 Å². The van der Waals surface area contributed by atoms with Crippen LogP contribution in [-0.4, -0.2) is 54.1 Å². The number of aliphatic hydroxyl groups is 1. The third kappa shape index (κ3) is 4.29. The molecule has 1 amide bonds. The van der Waals surface area contributed by atoms with Crippen LogP contribution in [0.4, 0.5) is 0 Å². The second kappa shape index (κ2) is 7.57. The minimum atomic E-state index is 0.101. The van der Waals surface area contributed by atoms with E-state index >= 15 is 0 Å². The van der Waals surface area contributed by atoms with Gasteiger partial charge in [0.1, 0.15) is 0 Å². The Kier molecular flexibility index (Phi) is 5.76. The molecular weight excluding hydrogens is 264 g/mol. The van der Waals surface area contributed by atoms with E-state index in [1.165, 1.54) is 5.56 Å². The molecule has 1 aromatic rings. The lowest BCUT2D eigenvalue weighted by Gasteiger charge is -2.35. The molecular formula is C17H26N2O2. The average Bonchev–Trinajstić information content (AvgIpc) is 2.48. The first-order valence-electron chi connectivity index (χ1n) is 7.77. The molecule has 2 rings (SSSR count). The first kappa shape index (κ1) is 16.0. The summed E-state index contributed by atoms with van der Waals surface area (Å²) < 4.78 is 0. The standard InChI is InChI=1S/C17H26N2O2/c1-18(2)13-14-6-8-15(9-7-14)17(21)19-11-4-3-5-16(19)10-12-20/h6-9,16,20H,3-5,10-13H2,1-2H3. The molecule has 0 bridgehead atoms. The summed E-state index contributed by atoms with van der Waals surface area (Å²) in [6.07, 6.45) is 3.90. The van der Waals surface area contributed by atoms with Crippen molar-refractivity contribution in [3.63, 3.8) is 0 Å². The van der Waals surface area contributed by atoms with Crippen molar-refractivity contribution in [1.29, 1.82) is 0 Å². The zero-order valence-corrected chi connectivity index (χ0v) is 13.1.